The number of hydrogen-bond donors (Lipinski definition) is 2. The molecule has 0 aliphatic carbocycles. The topological polar surface area (TPSA) is 77.8 Å². The Hall–Kier alpha value is -3.17. The molecule has 0 aliphatic rings. The summed E-state index contributed by atoms with van der Waals surface area (Å²) in [5, 5.41) is 14.9. The summed E-state index contributed by atoms with van der Waals surface area (Å²) in [6.07, 6.45) is 3.14. The third-order valence-corrected chi connectivity index (χ3v) is 3.86. The normalized spacial score (nSPS) is 9.92. The predicted molar refractivity (Wildman–Crippen MR) is 101 cm³/mol. The Morgan fingerprint density at radius 2 is 1.80 bits per heavy atom. The van der Waals surface area contributed by atoms with Gasteiger partial charge in [0, 0.05) is 22.0 Å². The first-order valence-corrected chi connectivity index (χ1v) is 8.22. The van der Waals surface area contributed by atoms with Crippen LogP contribution in [0.1, 0.15) is 15.9 Å². The molecule has 0 saturated heterocycles. The molecule has 2 aromatic carbocycles. The Morgan fingerprint density at radius 3 is 2.60 bits per heavy atom. The lowest BCUT2D eigenvalue weighted by Gasteiger charge is -2.09. The van der Waals surface area contributed by atoms with E-state index >= 15 is 0 Å². The Balaban J connectivity index is 1.76. The van der Waals surface area contributed by atoms with Gasteiger partial charge in [0.1, 0.15) is 0 Å². The van der Waals surface area contributed by atoms with Crippen LogP contribution in [0.3, 0.4) is 0 Å². The van der Waals surface area contributed by atoms with E-state index < -0.39 is 0 Å². The van der Waals surface area contributed by atoms with E-state index in [4.69, 9.17) is 5.26 Å². The molecule has 1 heterocycles. The summed E-state index contributed by atoms with van der Waals surface area (Å²) in [6, 6.07) is 18.2. The Labute approximate surface area is 153 Å². The second-order valence-corrected chi connectivity index (χ2v) is 6.16. The summed E-state index contributed by atoms with van der Waals surface area (Å²) >= 11 is 3.42. The van der Waals surface area contributed by atoms with Gasteiger partial charge in [-0.05, 0) is 42.5 Å². The van der Waals surface area contributed by atoms with Crippen LogP contribution in [0.2, 0.25) is 0 Å². The minimum Gasteiger partial charge on any atom is -0.354 e. The van der Waals surface area contributed by atoms with Crippen LogP contribution < -0.4 is 10.6 Å². The van der Waals surface area contributed by atoms with E-state index in [1.807, 2.05) is 30.3 Å². The SMILES string of the molecule is N#Cc1cccc(NC(=O)c2cncc(Nc3cccc(Br)c3)c2)c1. The molecule has 0 spiro atoms. The van der Waals surface area contributed by atoms with Crippen molar-refractivity contribution in [2.24, 2.45) is 0 Å². The molecular formula is C19H13BrN4O. The van der Waals surface area contributed by atoms with Crippen LogP contribution >= 0.6 is 15.9 Å². The van der Waals surface area contributed by atoms with Crippen LogP contribution in [0.5, 0.6) is 0 Å². The van der Waals surface area contributed by atoms with Crippen LogP contribution in [0.25, 0.3) is 0 Å². The van der Waals surface area contributed by atoms with Crippen molar-refractivity contribution < 1.29 is 4.79 Å². The van der Waals surface area contributed by atoms with Crippen LogP contribution in [0.4, 0.5) is 17.1 Å². The van der Waals surface area contributed by atoms with Crippen molar-refractivity contribution in [1.82, 2.24) is 4.98 Å². The molecule has 0 atom stereocenters. The minimum absolute atomic E-state index is 0.291. The van der Waals surface area contributed by atoms with Gasteiger partial charge in [0.25, 0.3) is 5.91 Å². The van der Waals surface area contributed by atoms with E-state index in [9.17, 15) is 4.79 Å². The van der Waals surface area contributed by atoms with Gasteiger partial charge in [0.2, 0.25) is 0 Å². The van der Waals surface area contributed by atoms with E-state index in [1.54, 1.807) is 36.5 Å². The van der Waals surface area contributed by atoms with Crippen molar-refractivity contribution >= 4 is 38.9 Å². The number of nitriles is 1. The zero-order valence-electron chi connectivity index (χ0n) is 13.0. The van der Waals surface area contributed by atoms with Gasteiger partial charge in [0.15, 0.2) is 0 Å². The molecule has 122 valence electrons. The molecule has 0 radical (unpaired) electrons. The minimum atomic E-state index is -0.291. The number of nitrogens with zero attached hydrogens (tertiary/aromatic N) is 2. The number of amides is 1. The lowest BCUT2D eigenvalue weighted by Crippen LogP contribution is -2.12. The van der Waals surface area contributed by atoms with Crippen LogP contribution in [-0.4, -0.2) is 10.9 Å². The number of benzene rings is 2. The number of anilines is 3. The molecule has 5 nitrogen and oxygen atoms in total. The van der Waals surface area contributed by atoms with E-state index in [1.165, 1.54) is 6.20 Å². The number of carbonyl (C=O) groups is 1. The first kappa shape index (κ1) is 16.7. The lowest BCUT2D eigenvalue weighted by molar-refractivity contribution is 0.102. The summed E-state index contributed by atoms with van der Waals surface area (Å²) in [7, 11) is 0. The number of pyridine rings is 1. The average molecular weight is 393 g/mol. The first-order valence-electron chi connectivity index (χ1n) is 7.43. The monoisotopic (exact) mass is 392 g/mol. The van der Waals surface area contributed by atoms with E-state index in [2.05, 4.69) is 31.5 Å². The molecule has 0 fully saturated rings. The zero-order valence-corrected chi connectivity index (χ0v) is 14.6. The van der Waals surface area contributed by atoms with Crippen molar-refractivity contribution in [2.45, 2.75) is 0 Å². The molecule has 0 bridgehead atoms. The van der Waals surface area contributed by atoms with Crippen LogP contribution in [-0.2, 0) is 0 Å². The molecule has 0 saturated carbocycles. The highest BCUT2D eigenvalue weighted by Gasteiger charge is 2.08. The van der Waals surface area contributed by atoms with Crippen molar-refractivity contribution in [2.75, 3.05) is 10.6 Å². The van der Waals surface area contributed by atoms with Gasteiger partial charge in [-0.2, -0.15) is 5.26 Å². The molecule has 1 aromatic heterocycles. The summed E-state index contributed by atoms with van der Waals surface area (Å²) in [4.78, 5) is 16.5. The Bertz CT molecular complexity index is 965. The number of rotatable bonds is 4. The molecular weight excluding hydrogens is 380 g/mol. The summed E-state index contributed by atoms with van der Waals surface area (Å²) < 4.78 is 0.955. The number of carbonyl (C=O) groups excluding carboxylic acids is 1. The maximum absolute atomic E-state index is 12.4. The zero-order chi connectivity index (χ0) is 17.6. The molecule has 0 unspecified atom stereocenters. The number of hydrogen-bond acceptors (Lipinski definition) is 4. The van der Waals surface area contributed by atoms with Gasteiger partial charge in [-0.15, -0.1) is 0 Å². The Morgan fingerprint density at radius 1 is 1.00 bits per heavy atom. The largest absolute Gasteiger partial charge is 0.354 e. The maximum atomic E-state index is 12.4. The highest BCUT2D eigenvalue weighted by atomic mass is 79.9. The predicted octanol–water partition coefficient (Wildman–Crippen LogP) is 4.71. The summed E-state index contributed by atoms with van der Waals surface area (Å²) in [6.45, 7) is 0. The second kappa shape index (κ2) is 7.60. The van der Waals surface area contributed by atoms with E-state index in [0.29, 0.717) is 22.5 Å². The molecule has 25 heavy (non-hydrogen) atoms. The van der Waals surface area contributed by atoms with Crippen molar-refractivity contribution in [3.63, 3.8) is 0 Å². The average Bonchev–Trinajstić information content (AvgIpc) is 2.62. The number of aromatic nitrogens is 1. The van der Waals surface area contributed by atoms with Crippen molar-refractivity contribution in [1.29, 1.82) is 5.26 Å². The van der Waals surface area contributed by atoms with Gasteiger partial charge in [-0.25, -0.2) is 0 Å². The molecule has 0 aliphatic heterocycles. The fourth-order valence-corrected chi connectivity index (χ4v) is 2.63. The molecule has 3 rings (SSSR count). The van der Waals surface area contributed by atoms with Gasteiger partial charge >= 0.3 is 0 Å². The molecule has 2 N–H and O–H groups in total. The van der Waals surface area contributed by atoms with Gasteiger partial charge in [0.05, 0.1) is 29.1 Å². The van der Waals surface area contributed by atoms with Crippen LogP contribution in [0, 0.1) is 11.3 Å². The summed E-state index contributed by atoms with van der Waals surface area (Å²) in [5.41, 5.74) is 3.06. The third kappa shape index (κ3) is 4.43. The van der Waals surface area contributed by atoms with Gasteiger partial charge in [-0.1, -0.05) is 28.1 Å². The standard InChI is InChI=1S/C19H13BrN4O/c20-15-4-2-6-17(9-15)23-18-8-14(11-22-12-18)19(25)24-16-5-1-3-13(7-16)10-21/h1-9,11-12,23H,(H,24,25). The van der Waals surface area contributed by atoms with Crippen molar-refractivity contribution in [3.8, 4) is 6.07 Å². The van der Waals surface area contributed by atoms with E-state index in [0.717, 1.165) is 10.2 Å². The third-order valence-electron chi connectivity index (χ3n) is 3.36. The van der Waals surface area contributed by atoms with Crippen LogP contribution in [0.15, 0.2) is 71.5 Å². The van der Waals surface area contributed by atoms with Gasteiger partial charge in [-0.3, -0.25) is 9.78 Å². The molecule has 1 amide bonds. The first-order chi connectivity index (χ1) is 12.1. The van der Waals surface area contributed by atoms with Gasteiger partial charge < -0.3 is 10.6 Å². The van der Waals surface area contributed by atoms with Crippen molar-refractivity contribution in [3.05, 3.63) is 82.6 Å². The van der Waals surface area contributed by atoms with E-state index in [-0.39, 0.29) is 5.91 Å². The highest BCUT2D eigenvalue weighted by Crippen LogP contribution is 2.21. The smallest absolute Gasteiger partial charge is 0.257 e. The quantitative estimate of drug-likeness (QED) is 0.673. The fourth-order valence-electron chi connectivity index (χ4n) is 2.24. The second-order valence-electron chi connectivity index (χ2n) is 5.24. The highest BCUT2D eigenvalue weighted by molar-refractivity contribution is 9.10. The summed E-state index contributed by atoms with van der Waals surface area (Å²) in [5.74, 6) is -0.291. The lowest BCUT2D eigenvalue weighted by atomic mass is 10.2. The Kier molecular flexibility index (Phi) is 5.07. The maximum Gasteiger partial charge on any atom is 0.257 e. The number of halogens is 1. The molecule has 6 heteroatoms. The fraction of sp³-hybridized carbons (Fsp3) is 0. The number of nitrogens with one attached hydrogen (secondary N) is 2. The molecule has 3 aromatic rings.